The molecule has 1 atom stereocenters. The van der Waals surface area contributed by atoms with Crippen LogP contribution in [0, 0.1) is 0 Å². The molecule has 1 aliphatic carbocycles. The van der Waals surface area contributed by atoms with Gasteiger partial charge in [0.2, 0.25) is 20.0 Å². The summed E-state index contributed by atoms with van der Waals surface area (Å²) in [5, 5.41) is 3.02. The van der Waals surface area contributed by atoms with Gasteiger partial charge in [-0.1, -0.05) is 0 Å². The molecule has 2 fully saturated rings. The Bertz CT molecular complexity index is 787. The molecule has 0 bridgehead atoms. The smallest absolute Gasteiger partial charge is 0.243 e. The Morgan fingerprint density at radius 1 is 1.04 bits per heavy atom. The van der Waals surface area contributed by atoms with Crippen LogP contribution >= 0.6 is 0 Å². The summed E-state index contributed by atoms with van der Waals surface area (Å²) in [5.74, 6) is 0. The third-order valence-electron chi connectivity index (χ3n) is 4.40. The highest BCUT2D eigenvalue weighted by atomic mass is 32.2. The van der Waals surface area contributed by atoms with Crippen LogP contribution in [0.3, 0.4) is 0 Å². The Morgan fingerprint density at radius 2 is 1.67 bits per heavy atom. The molecule has 2 N–H and O–H groups in total. The van der Waals surface area contributed by atoms with Gasteiger partial charge in [0.1, 0.15) is 0 Å². The van der Waals surface area contributed by atoms with E-state index in [-0.39, 0.29) is 21.9 Å². The molecule has 7 nitrogen and oxygen atoms in total. The molecule has 3 rings (SSSR count). The summed E-state index contributed by atoms with van der Waals surface area (Å²) in [4.78, 5) is 0.234. The van der Waals surface area contributed by atoms with Crippen LogP contribution in [0.5, 0.6) is 0 Å². The first kappa shape index (κ1) is 17.8. The largest absolute Gasteiger partial charge is 0.318 e. The maximum Gasteiger partial charge on any atom is 0.243 e. The van der Waals surface area contributed by atoms with E-state index in [1.165, 1.54) is 28.6 Å². The van der Waals surface area contributed by atoms with Crippen LogP contribution in [0.4, 0.5) is 0 Å². The molecule has 1 saturated carbocycles. The van der Waals surface area contributed by atoms with Gasteiger partial charge in [-0.25, -0.2) is 21.6 Å². The minimum absolute atomic E-state index is 0.0188. The third-order valence-corrected chi connectivity index (χ3v) is 7.91. The summed E-state index contributed by atoms with van der Waals surface area (Å²) in [6.07, 6.45) is 3.38. The van der Waals surface area contributed by atoms with Crippen molar-refractivity contribution in [3.05, 3.63) is 24.3 Å². The first-order valence-electron chi connectivity index (χ1n) is 8.13. The van der Waals surface area contributed by atoms with E-state index in [2.05, 4.69) is 10.0 Å². The molecule has 1 aliphatic heterocycles. The van der Waals surface area contributed by atoms with Crippen molar-refractivity contribution in [3.8, 4) is 0 Å². The van der Waals surface area contributed by atoms with E-state index < -0.39 is 20.0 Å². The molecule has 0 amide bonds. The Morgan fingerprint density at radius 3 is 2.25 bits per heavy atom. The molecule has 134 valence electrons. The predicted octanol–water partition coefficient (Wildman–Crippen LogP) is 0.500. The lowest BCUT2D eigenvalue weighted by molar-refractivity contribution is 0.379. The zero-order valence-electron chi connectivity index (χ0n) is 13.6. The van der Waals surface area contributed by atoms with Gasteiger partial charge in [-0.15, -0.1) is 0 Å². The van der Waals surface area contributed by atoms with Crippen LogP contribution in [0.25, 0.3) is 0 Å². The van der Waals surface area contributed by atoms with E-state index in [1.54, 1.807) is 7.05 Å². The Kier molecular flexibility index (Phi) is 4.99. The molecule has 0 aromatic heterocycles. The fourth-order valence-corrected chi connectivity index (χ4v) is 5.98. The fraction of sp³-hybridized carbons (Fsp3) is 0.600. The molecular formula is C15H23N3O4S2. The van der Waals surface area contributed by atoms with Crippen LogP contribution in [-0.2, 0) is 20.0 Å². The summed E-state index contributed by atoms with van der Waals surface area (Å²) < 4.78 is 54.0. The predicted molar refractivity (Wildman–Crippen MR) is 90.6 cm³/mol. The quantitative estimate of drug-likeness (QED) is 0.726. The lowest BCUT2D eigenvalue weighted by Gasteiger charge is -2.24. The van der Waals surface area contributed by atoms with Crippen molar-refractivity contribution in [2.45, 2.75) is 47.6 Å². The van der Waals surface area contributed by atoms with Gasteiger partial charge in [-0.2, -0.15) is 4.31 Å². The second-order valence-electron chi connectivity index (χ2n) is 6.34. The minimum Gasteiger partial charge on any atom is -0.318 e. The summed E-state index contributed by atoms with van der Waals surface area (Å²) in [6, 6.07) is 5.45. The summed E-state index contributed by atoms with van der Waals surface area (Å²) in [5.41, 5.74) is 0. The summed E-state index contributed by atoms with van der Waals surface area (Å²) >= 11 is 0. The van der Waals surface area contributed by atoms with E-state index in [0.29, 0.717) is 13.1 Å². The van der Waals surface area contributed by atoms with Crippen molar-refractivity contribution in [2.75, 3.05) is 20.1 Å². The molecule has 1 aromatic rings. The topological polar surface area (TPSA) is 95.6 Å². The van der Waals surface area contributed by atoms with Crippen LogP contribution < -0.4 is 10.0 Å². The standard InChI is InChI=1S/C15H23N3O4S2/c1-16-11-13-3-2-10-18(13)24(21,22)15-8-6-14(7-9-15)23(19,20)17-12-4-5-12/h6-9,12-13,16-17H,2-5,10-11H2,1H3. The highest BCUT2D eigenvalue weighted by Gasteiger charge is 2.35. The first-order chi connectivity index (χ1) is 11.3. The number of sulfonamides is 2. The number of hydrogen-bond acceptors (Lipinski definition) is 5. The zero-order chi connectivity index (χ0) is 17.4. The van der Waals surface area contributed by atoms with Crippen LogP contribution in [0.1, 0.15) is 25.7 Å². The van der Waals surface area contributed by atoms with Gasteiger partial charge in [0, 0.05) is 25.2 Å². The van der Waals surface area contributed by atoms with Crippen molar-refractivity contribution in [2.24, 2.45) is 0 Å². The van der Waals surface area contributed by atoms with Gasteiger partial charge in [-0.3, -0.25) is 0 Å². The molecule has 1 unspecified atom stereocenters. The number of benzene rings is 1. The molecule has 24 heavy (non-hydrogen) atoms. The summed E-state index contributed by atoms with van der Waals surface area (Å²) in [7, 11) is -5.37. The van der Waals surface area contributed by atoms with E-state index >= 15 is 0 Å². The van der Waals surface area contributed by atoms with Crippen LogP contribution in [0.15, 0.2) is 34.1 Å². The van der Waals surface area contributed by atoms with Gasteiger partial charge in [-0.05, 0) is 57.0 Å². The number of likely N-dealkylation sites (N-methyl/N-ethyl adjacent to an activating group) is 1. The average Bonchev–Trinajstić information content (AvgIpc) is 3.21. The van der Waals surface area contributed by atoms with Crippen molar-refractivity contribution in [3.63, 3.8) is 0 Å². The van der Waals surface area contributed by atoms with Crippen molar-refractivity contribution in [1.82, 2.24) is 14.3 Å². The molecule has 1 heterocycles. The maximum atomic E-state index is 12.8. The fourth-order valence-electron chi connectivity index (χ4n) is 2.98. The molecule has 2 aliphatic rings. The van der Waals surface area contributed by atoms with Crippen LogP contribution in [0.2, 0.25) is 0 Å². The number of nitrogens with one attached hydrogen (secondary N) is 2. The van der Waals surface area contributed by atoms with E-state index in [0.717, 1.165) is 25.7 Å². The third kappa shape index (κ3) is 3.65. The molecular weight excluding hydrogens is 350 g/mol. The Balaban J connectivity index is 1.81. The molecule has 1 saturated heterocycles. The van der Waals surface area contributed by atoms with E-state index in [4.69, 9.17) is 0 Å². The lowest BCUT2D eigenvalue weighted by atomic mass is 10.2. The van der Waals surface area contributed by atoms with E-state index in [9.17, 15) is 16.8 Å². The zero-order valence-corrected chi connectivity index (χ0v) is 15.2. The van der Waals surface area contributed by atoms with E-state index in [1.807, 2.05) is 0 Å². The highest BCUT2D eigenvalue weighted by molar-refractivity contribution is 7.89. The number of nitrogens with zero attached hydrogens (tertiary/aromatic N) is 1. The van der Waals surface area contributed by atoms with Gasteiger partial charge in [0.25, 0.3) is 0 Å². The average molecular weight is 374 g/mol. The van der Waals surface area contributed by atoms with Crippen LogP contribution in [-0.4, -0.2) is 53.4 Å². The van der Waals surface area contributed by atoms with Crippen molar-refractivity contribution >= 4 is 20.0 Å². The normalized spacial score (nSPS) is 22.8. The Labute approximate surface area is 143 Å². The molecule has 1 aromatic carbocycles. The number of hydrogen-bond donors (Lipinski definition) is 2. The second kappa shape index (κ2) is 6.72. The van der Waals surface area contributed by atoms with Gasteiger partial charge < -0.3 is 5.32 Å². The van der Waals surface area contributed by atoms with Gasteiger partial charge in [0.05, 0.1) is 9.79 Å². The van der Waals surface area contributed by atoms with Crippen molar-refractivity contribution < 1.29 is 16.8 Å². The Hall–Kier alpha value is -1.00. The van der Waals surface area contributed by atoms with Crippen molar-refractivity contribution in [1.29, 1.82) is 0 Å². The highest BCUT2D eigenvalue weighted by Crippen LogP contribution is 2.27. The maximum absolute atomic E-state index is 12.8. The van der Waals surface area contributed by atoms with Gasteiger partial charge in [0.15, 0.2) is 0 Å². The monoisotopic (exact) mass is 373 g/mol. The number of rotatable bonds is 7. The van der Waals surface area contributed by atoms with Gasteiger partial charge >= 0.3 is 0 Å². The summed E-state index contributed by atoms with van der Waals surface area (Å²) in [6.45, 7) is 1.11. The lowest BCUT2D eigenvalue weighted by Crippen LogP contribution is -2.40. The minimum atomic E-state index is -3.60. The second-order valence-corrected chi connectivity index (χ2v) is 9.94. The molecule has 9 heteroatoms. The molecule has 0 radical (unpaired) electrons. The SMILES string of the molecule is CNCC1CCCN1S(=O)(=O)c1ccc(S(=O)(=O)NC2CC2)cc1. The molecule has 0 spiro atoms. The first-order valence-corrected chi connectivity index (χ1v) is 11.1.